The second-order valence-corrected chi connectivity index (χ2v) is 11.2. The predicted octanol–water partition coefficient (Wildman–Crippen LogP) is 3.71. The molecular weight excluding hydrogens is 498 g/mol. The van der Waals surface area contributed by atoms with Gasteiger partial charge in [-0.1, -0.05) is 42.1 Å². The fourth-order valence-electron chi connectivity index (χ4n) is 3.71. The Balaban J connectivity index is 1.47. The lowest BCUT2D eigenvalue weighted by Gasteiger charge is -2.27. The Bertz CT molecular complexity index is 1310. The molecule has 3 aromatic rings. The zero-order valence-corrected chi connectivity index (χ0v) is 21.4. The minimum absolute atomic E-state index is 0.138. The van der Waals surface area contributed by atoms with Gasteiger partial charge in [-0.25, -0.2) is 8.42 Å². The monoisotopic (exact) mass is 525 g/mol. The molecule has 1 saturated heterocycles. The van der Waals surface area contributed by atoms with Crippen LogP contribution in [0.25, 0.3) is 0 Å². The Labute approximate surface area is 215 Å². The third-order valence-electron chi connectivity index (χ3n) is 5.52. The molecule has 0 atom stereocenters. The summed E-state index contributed by atoms with van der Waals surface area (Å²) in [6.45, 7) is 1.61. The number of carbonyl (C=O) groups is 2. The van der Waals surface area contributed by atoms with Crippen LogP contribution >= 0.6 is 11.8 Å². The molecule has 188 valence electrons. The number of sulfonamides is 1. The van der Waals surface area contributed by atoms with Gasteiger partial charge in [-0.05, 0) is 48.5 Å². The maximum Gasteiger partial charge on any atom is 0.254 e. The van der Waals surface area contributed by atoms with E-state index in [4.69, 9.17) is 4.74 Å². The Morgan fingerprint density at radius 2 is 1.58 bits per heavy atom. The molecule has 36 heavy (non-hydrogen) atoms. The standard InChI is InChI=1S/C26H27N3O5S2/c1-36(32,33)29(21-13-11-20(12-14-21)26(31)28-15-17-34-18-16-28)19-25(30)27-23-9-5-6-10-24(23)35-22-7-3-2-4-8-22/h2-14H,15-19H2,1H3,(H,27,30). The van der Waals surface area contributed by atoms with Gasteiger partial charge in [-0.15, -0.1) is 0 Å². The number of anilines is 2. The first kappa shape index (κ1) is 25.7. The van der Waals surface area contributed by atoms with E-state index in [1.807, 2.05) is 48.5 Å². The molecule has 8 nitrogen and oxygen atoms in total. The maximum atomic E-state index is 12.9. The van der Waals surface area contributed by atoms with Crippen LogP contribution in [-0.2, 0) is 19.6 Å². The number of nitrogens with one attached hydrogen (secondary N) is 1. The summed E-state index contributed by atoms with van der Waals surface area (Å²) in [5.74, 6) is -0.615. The second kappa shape index (κ2) is 11.6. The average molecular weight is 526 g/mol. The molecule has 10 heteroatoms. The Morgan fingerprint density at radius 3 is 2.25 bits per heavy atom. The van der Waals surface area contributed by atoms with E-state index in [0.717, 1.165) is 20.4 Å². The normalized spacial score (nSPS) is 13.8. The van der Waals surface area contributed by atoms with Gasteiger partial charge in [-0.2, -0.15) is 0 Å². The summed E-state index contributed by atoms with van der Waals surface area (Å²) in [4.78, 5) is 29.2. The fraction of sp³-hybridized carbons (Fsp3) is 0.231. The molecule has 1 heterocycles. The number of ether oxygens (including phenoxy) is 1. The summed E-state index contributed by atoms with van der Waals surface area (Å²) < 4.78 is 31.4. The van der Waals surface area contributed by atoms with Crippen molar-refractivity contribution in [3.05, 3.63) is 84.4 Å². The van der Waals surface area contributed by atoms with Crippen LogP contribution in [-0.4, -0.2) is 64.2 Å². The third-order valence-corrected chi connectivity index (χ3v) is 7.74. The van der Waals surface area contributed by atoms with E-state index in [1.54, 1.807) is 35.2 Å². The van der Waals surface area contributed by atoms with Crippen molar-refractivity contribution in [2.24, 2.45) is 0 Å². The zero-order chi connectivity index (χ0) is 25.5. The van der Waals surface area contributed by atoms with Crippen molar-refractivity contribution >= 4 is 45.0 Å². The minimum atomic E-state index is -3.76. The molecule has 0 aliphatic carbocycles. The van der Waals surface area contributed by atoms with Crippen LogP contribution in [0.4, 0.5) is 11.4 Å². The van der Waals surface area contributed by atoms with Gasteiger partial charge in [0.2, 0.25) is 15.9 Å². The van der Waals surface area contributed by atoms with Crippen molar-refractivity contribution in [3.63, 3.8) is 0 Å². The molecule has 0 unspecified atom stereocenters. The zero-order valence-electron chi connectivity index (χ0n) is 19.8. The van der Waals surface area contributed by atoms with Crippen LogP contribution < -0.4 is 9.62 Å². The van der Waals surface area contributed by atoms with Gasteiger partial charge < -0.3 is 15.0 Å². The highest BCUT2D eigenvalue weighted by Gasteiger charge is 2.23. The molecule has 3 aromatic carbocycles. The molecule has 0 spiro atoms. The van der Waals surface area contributed by atoms with Crippen LogP contribution in [0.3, 0.4) is 0 Å². The van der Waals surface area contributed by atoms with Gasteiger partial charge in [0, 0.05) is 28.4 Å². The lowest BCUT2D eigenvalue weighted by atomic mass is 10.1. The molecule has 1 aliphatic heterocycles. The van der Waals surface area contributed by atoms with E-state index in [9.17, 15) is 18.0 Å². The number of amides is 2. The van der Waals surface area contributed by atoms with Crippen molar-refractivity contribution in [1.29, 1.82) is 0 Å². The molecule has 1 fully saturated rings. The SMILES string of the molecule is CS(=O)(=O)N(CC(=O)Nc1ccccc1Sc1ccccc1)c1ccc(C(=O)N2CCOCC2)cc1. The largest absolute Gasteiger partial charge is 0.378 e. The summed E-state index contributed by atoms with van der Waals surface area (Å²) in [5.41, 5.74) is 1.35. The summed E-state index contributed by atoms with van der Waals surface area (Å²) in [6, 6.07) is 23.4. The maximum absolute atomic E-state index is 12.9. The number of carbonyl (C=O) groups excluding carboxylic acids is 2. The summed E-state index contributed by atoms with van der Waals surface area (Å²) >= 11 is 1.50. The second-order valence-electron chi connectivity index (χ2n) is 8.18. The number of morpholine rings is 1. The number of hydrogen-bond acceptors (Lipinski definition) is 6. The van der Waals surface area contributed by atoms with Crippen molar-refractivity contribution in [2.75, 3.05) is 48.7 Å². The van der Waals surface area contributed by atoms with E-state index in [0.29, 0.717) is 43.2 Å². The molecule has 0 bridgehead atoms. The van der Waals surface area contributed by atoms with E-state index in [2.05, 4.69) is 5.32 Å². The molecular formula is C26H27N3O5S2. The number of rotatable bonds is 8. The van der Waals surface area contributed by atoms with E-state index < -0.39 is 22.5 Å². The van der Waals surface area contributed by atoms with E-state index in [-0.39, 0.29) is 5.91 Å². The molecule has 1 aliphatic rings. The van der Waals surface area contributed by atoms with Crippen molar-refractivity contribution in [1.82, 2.24) is 4.90 Å². The van der Waals surface area contributed by atoms with Gasteiger partial charge in [0.25, 0.3) is 5.91 Å². The fourth-order valence-corrected chi connectivity index (χ4v) is 5.49. The molecule has 1 N–H and O–H groups in total. The van der Waals surface area contributed by atoms with Crippen molar-refractivity contribution < 1.29 is 22.7 Å². The van der Waals surface area contributed by atoms with Crippen LogP contribution in [0.15, 0.2) is 88.7 Å². The third kappa shape index (κ3) is 6.66. The topological polar surface area (TPSA) is 96.0 Å². The van der Waals surface area contributed by atoms with Gasteiger partial charge >= 0.3 is 0 Å². The average Bonchev–Trinajstić information content (AvgIpc) is 2.89. The molecule has 2 amide bonds. The van der Waals surface area contributed by atoms with Crippen molar-refractivity contribution in [3.8, 4) is 0 Å². The first-order valence-electron chi connectivity index (χ1n) is 11.4. The number of benzene rings is 3. The molecule has 0 saturated carbocycles. The van der Waals surface area contributed by atoms with Crippen LogP contribution in [0.1, 0.15) is 10.4 Å². The van der Waals surface area contributed by atoms with Gasteiger partial charge in [-0.3, -0.25) is 13.9 Å². The highest BCUT2D eigenvalue weighted by molar-refractivity contribution is 7.99. The van der Waals surface area contributed by atoms with Crippen LogP contribution in [0.2, 0.25) is 0 Å². The van der Waals surface area contributed by atoms with E-state index in [1.165, 1.54) is 11.8 Å². The highest BCUT2D eigenvalue weighted by Crippen LogP contribution is 2.33. The Morgan fingerprint density at radius 1 is 0.944 bits per heavy atom. The first-order valence-corrected chi connectivity index (χ1v) is 14.0. The Kier molecular flexibility index (Phi) is 8.29. The summed E-state index contributed by atoms with van der Waals surface area (Å²) in [5, 5.41) is 2.84. The lowest BCUT2D eigenvalue weighted by molar-refractivity contribution is -0.114. The first-order chi connectivity index (χ1) is 17.3. The molecule has 0 radical (unpaired) electrons. The number of para-hydroxylation sites is 1. The summed E-state index contributed by atoms with van der Waals surface area (Å²) in [6.07, 6.45) is 1.05. The van der Waals surface area contributed by atoms with Crippen LogP contribution in [0, 0.1) is 0 Å². The van der Waals surface area contributed by atoms with Crippen LogP contribution in [0.5, 0.6) is 0 Å². The van der Waals surface area contributed by atoms with Gasteiger partial charge in [0.15, 0.2) is 0 Å². The molecule has 4 rings (SSSR count). The van der Waals surface area contributed by atoms with E-state index >= 15 is 0 Å². The number of nitrogens with zero attached hydrogens (tertiary/aromatic N) is 2. The molecule has 0 aromatic heterocycles. The quantitative estimate of drug-likeness (QED) is 0.482. The summed E-state index contributed by atoms with van der Waals surface area (Å²) in [7, 11) is -3.76. The Hall–Kier alpha value is -3.34. The minimum Gasteiger partial charge on any atom is -0.378 e. The predicted molar refractivity (Wildman–Crippen MR) is 141 cm³/mol. The smallest absolute Gasteiger partial charge is 0.254 e. The van der Waals surface area contributed by atoms with Gasteiger partial charge in [0.1, 0.15) is 6.54 Å². The van der Waals surface area contributed by atoms with Gasteiger partial charge in [0.05, 0.1) is 30.8 Å². The highest BCUT2D eigenvalue weighted by atomic mass is 32.2. The van der Waals surface area contributed by atoms with Crippen molar-refractivity contribution in [2.45, 2.75) is 9.79 Å². The lowest BCUT2D eigenvalue weighted by Crippen LogP contribution is -2.40. The number of hydrogen-bond donors (Lipinski definition) is 1.